The lowest BCUT2D eigenvalue weighted by atomic mass is 10.2. The van der Waals surface area contributed by atoms with Crippen LogP contribution in [0.25, 0.3) is 0 Å². The van der Waals surface area contributed by atoms with Crippen LogP contribution in [0.5, 0.6) is 5.75 Å². The zero-order valence-electron chi connectivity index (χ0n) is 16.4. The minimum absolute atomic E-state index is 0.505. The van der Waals surface area contributed by atoms with Gasteiger partial charge >= 0.3 is 0 Å². The number of nitrogens with one attached hydrogen (secondary N) is 1. The molecule has 0 aliphatic carbocycles. The van der Waals surface area contributed by atoms with Gasteiger partial charge in [0.1, 0.15) is 5.75 Å². The molecule has 0 radical (unpaired) electrons. The van der Waals surface area contributed by atoms with Crippen molar-refractivity contribution in [3.8, 4) is 5.75 Å². The van der Waals surface area contributed by atoms with Gasteiger partial charge in [0.25, 0.3) is 0 Å². The summed E-state index contributed by atoms with van der Waals surface area (Å²) in [6.45, 7) is 3.96. The normalized spacial score (nSPS) is 12.7. The SMILES string of the molecule is CN=C(NCC(C)CSc1ccccc1OC)N(C)Cc1cccn1C. The summed E-state index contributed by atoms with van der Waals surface area (Å²) in [5.74, 6) is 3.38. The van der Waals surface area contributed by atoms with Crippen molar-refractivity contribution in [1.29, 1.82) is 0 Å². The molecule has 0 fully saturated rings. The Labute approximate surface area is 161 Å². The number of aryl methyl sites for hydroxylation is 1. The molecule has 1 heterocycles. The van der Waals surface area contributed by atoms with Gasteiger partial charge in [0.2, 0.25) is 0 Å². The number of methoxy groups -OCH3 is 1. The number of guanidine groups is 1. The standard InChI is InChI=1S/C20H30N4OS/c1-16(15-26-19-11-7-6-10-18(19)25-5)13-22-20(21-2)24(4)14-17-9-8-12-23(17)3/h6-12,16H,13-15H2,1-5H3,(H,21,22). The van der Waals surface area contributed by atoms with E-state index in [0.717, 1.165) is 30.6 Å². The smallest absolute Gasteiger partial charge is 0.193 e. The number of aromatic nitrogens is 1. The molecule has 0 saturated carbocycles. The number of rotatable bonds is 8. The summed E-state index contributed by atoms with van der Waals surface area (Å²) in [6.07, 6.45) is 2.07. The minimum Gasteiger partial charge on any atom is -0.496 e. The van der Waals surface area contributed by atoms with Crippen molar-refractivity contribution >= 4 is 17.7 Å². The fourth-order valence-electron chi connectivity index (χ4n) is 2.66. The van der Waals surface area contributed by atoms with Gasteiger partial charge in [-0.1, -0.05) is 19.1 Å². The largest absolute Gasteiger partial charge is 0.496 e. The Morgan fingerprint density at radius 3 is 2.73 bits per heavy atom. The number of thioether (sulfide) groups is 1. The number of nitrogens with zero attached hydrogens (tertiary/aromatic N) is 3. The second-order valence-corrected chi connectivity index (χ2v) is 7.52. The predicted molar refractivity (Wildman–Crippen MR) is 111 cm³/mol. The minimum atomic E-state index is 0.505. The van der Waals surface area contributed by atoms with E-state index in [9.17, 15) is 0 Å². The van der Waals surface area contributed by atoms with E-state index in [1.165, 1.54) is 10.6 Å². The maximum absolute atomic E-state index is 5.42. The molecular formula is C20H30N4OS. The lowest BCUT2D eigenvalue weighted by Gasteiger charge is -2.24. The van der Waals surface area contributed by atoms with E-state index in [1.54, 1.807) is 7.11 Å². The van der Waals surface area contributed by atoms with Gasteiger partial charge in [0, 0.05) is 50.2 Å². The average molecular weight is 375 g/mol. The molecule has 6 heteroatoms. The van der Waals surface area contributed by atoms with E-state index >= 15 is 0 Å². The van der Waals surface area contributed by atoms with E-state index in [-0.39, 0.29) is 0 Å². The molecule has 0 aliphatic rings. The maximum Gasteiger partial charge on any atom is 0.193 e. The van der Waals surface area contributed by atoms with Gasteiger partial charge in [-0.2, -0.15) is 0 Å². The zero-order valence-corrected chi connectivity index (χ0v) is 17.2. The van der Waals surface area contributed by atoms with Crippen LogP contribution >= 0.6 is 11.8 Å². The first kappa shape index (κ1) is 20.2. The van der Waals surface area contributed by atoms with Crippen LogP contribution in [0.4, 0.5) is 0 Å². The third-order valence-corrected chi connectivity index (χ3v) is 5.61. The molecule has 2 aromatic rings. The number of hydrogen-bond donors (Lipinski definition) is 1. The molecular weight excluding hydrogens is 344 g/mol. The first-order valence-corrected chi connectivity index (χ1v) is 9.81. The predicted octanol–water partition coefficient (Wildman–Crippen LogP) is 3.47. The lowest BCUT2D eigenvalue weighted by molar-refractivity contribution is 0.404. The van der Waals surface area contributed by atoms with Gasteiger partial charge in [-0.05, 0) is 30.2 Å². The number of ether oxygens (including phenoxy) is 1. The van der Waals surface area contributed by atoms with Crippen molar-refractivity contribution < 1.29 is 4.74 Å². The molecule has 0 saturated heterocycles. The van der Waals surface area contributed by atoms with Crippen LogP contribution in [-0.4, -0.2) is 48.9 Å². The Kier molecular flexibility index (Phi) is 7.91. The van der Waals surface area contributed by atoms with Crippen molar-refractivity contribution in [2.24, 2.45) is 18.0 Å². The Hall–Kier alpha value is -2.08. The fourth-order valence-corrected chi connectivity index (χ4v) is 3.71. The van der Waals surface area contributed by atoms with Crippen molar-refractivity contribution in [3.63, 3.8) is 0 Å². The Morgan fingerprint density at radius 2 is 2.08 bits per heavy atom. The fraction of sp³-hybridized carbons (Fsp3) is 0.450. The van der Waals surface area contributed by atoms with Gasteiger partial charge < -0.3 is 19.5 Å². The van der Waals surface area contributed by atoms with Gasteiger partial charge in [0.05, 0.1) is 13.7 Å². The topological polar surface area (TPSA) is 41.8 Å². The van der Waals surface area contributed by atoms with Crippen LogP contribution in [0.1, 0.15) is 12.6 Å². The molecule has 142 valence electrons. The van der Waals surface area contributed by atoms with Crippen LogP contribution in [0, 0.1) is 5.92 Å². The van der Waals surface area contributed by atoms with E-state index < -0.39 is 0 Å². The van der Waals surface area contributed by atoms with E-state index in [2.05, 4.69) is 65.2 Å². The maximum atomic E-state index is 5.42. The third-order valence-electron chi connectivity index (χ3n) is 4.22. The molecule has 0 amide bonds. The quantitative estimate of drug-likeness (QED) is 0.436. The second-order valence-electron chi connectivity index (χ2n) is 6.46. The van der Waals surface area contributed by atoms with E-state index in [1.807, 2.05) is 37.0 Å². The Bertz CT molecular complexity index is 713. The number of aliphatic imine (C=N–C) groups is 1. The monoisotopic (exact) mass is 374 g/mol. The van der Waals surface area contributed by atoms with Crippen LogP contribution in [-0.2, 0) is 13.6 Å². The van der Waals surface area contributed by atoms with Crippen LogP contribution < -0.4 is 10.1 Å². The lowest BCUT2D eigenvalue weighted by Crippen LogP contribution is -2.40. The van der Waals surface area contributed by atoms with Gasteiger partial charge in [-0.3, -0.25) is 4.99 Å². The molecule has 2 rings (SSSR count). The summed E-state index contributed by atoms with van der Waals surface area (Å²) in [7, 11) is 7.68. The number of benzene rings is 1. The third kappa shape index (κ3) is 5.73. The van der Waals surface area contributed by atoms with E-state index in [0.29, 0.717) is 5.92 Å². The Balaban J connectivity index is 1.81. The molecule has 1 aromatic heterocycles. The summed E-state index contributed by atoms with van der Waals surface area (Å²) in [4.78, 5) is 7.75. The molecule has 5 nitrogen and oxygen atoms in total. The molecule has 0 bridgehead atoms. The first-order valence-electron chi connectivity index (χ1n) is 8.83. The highest BCUT2D eigenvalue weighted by molar-refractivity contribution is 7.99. The molecule has 0 spiro atoms. The molecule has 1 N–H and O–H groups in total. The van der Waals surface area contributed by atoms with Gasteiger partial charge in [-0.25, -0.2) is 0 Å². The highest BCUT2D eigenvalue weighted by Crippen LogP contribution is 2.29. The van der Waals surface area contributed by atoms with E-state index in [4.69, 9.17) is 4.74 Å². The summed E-state index contributed by atoms with van der Waals surface area (Å²) < 4.78 is 7.56. The van der Waals surface area contributed by atoms with Crippen molar-refractivity contribution in [2.45, 2.75) is 18.4 Å². The van der Waals surface area contributed by atoms with Crippen molar-refractivity contribution in [2.75, 3.05) is 33.5 Å². The molecule has 26 heavy (non-hydrogen) atoms. The summed E-state index contributed by atoms with van der Waals surface area (Å²) in [5.41, 5.74) is 1.26. The Morgan fingerprint density at radius 1 is 1.31 bits per heavy atom. The number of para-hydroxylation sites is 1. The summed E-state index contributed by atoms with van der Waals surface area (Å²) in [5, 5.41) is 3.49. The van der Waals surface area contributed by atoms with Gasteiger partial charge in [-0.15, -0.1) is 11.8 Å². The zero-order chi connectivity index (χ0) is 18.9. The number of hydrogen-bond acceptors (Lipinski definition) is 3. The highest BCUT2D eigenvalue weighted by Gasteiger charge is 2.11. The molecule has 0 aliphatic heterocycles. The highest BCUT2D eigenvalue weighted by atomic mass is 32.2. The van der Waals surface area contributed by atoms with Crippen molar-refractivity contribution in [3.05, 3.63) is 48.3 Å². The summed E-state index contributed by atoms with van der Waals surface area (Å²) in [6, 6.07) is 12.4. The van der Waals surface area contributed by atoms with Crippen LogP contribution in [0.15, 0.2) is 52.5 Å². The van der Waals surface area contributed by atoms with Crippen LogP contribution in [0.2, 0.25) is 0 Å². The van der Waals surface area contributed by atoms with Gasteiger partial charge in [0.15, 0.2) is 5.96 Å². The molecule has 1 unspecified atom stereocenters. The van der Waals surface area contributed by atoms with Crippen molar-refractivity contribution in [1.82, 2.24) is 14.8 Å². The first-order chi connectivity index (χ1) is 12.5. The second kappa shape index (κ2) is 10.2. The summed E-state index contributed by atoms with van der Waals surface area (Å²) >= 11 is 1.83. The van der Waals surface area contributed by atoms with Crippen LogP contribution in [0.3, 0.4) is 0 Å². The molecule has 1 aromatic carbocycles. The average Bonchev–Trinajstić information content (AvgIpc) is 3.05. The molecule has 1 atom stereocenters.